The van der Waals surface area contributed by atoms with E-state index in [9.17, 15) is 9.59 Å². The molecule has 0 unspecified atom stereocenters. The number of benzene rings is 2. The Hall–Kier alpha value is -3.80. The Balaban J connectivity index is 1.79. The van der Waals surface area contributed by atoms with Gasteiger partial charge in [0.05, 0.1) is 6.54 Å². The van der Waals surface area contributed by atoms with Gasteiger partial charge in [0.15, 0.2) is 5.52 Å². The van der Waals surface area contributed by atoms with Crippen molar-refractivity contribution in [3.63, 3.8) is 0 Å². The summed E-state index contributed by atoms with van der Waals surface area (Å²) in [5, 5.41) is 0. The SMILES string of the molecule is CCCn1c(=O)c2c([nH]c3cc(-c4ccccc4)cn32)n(Cc2ccccc2)c1=O. The van der Waals surface area contributed by atoms with Crippen LogP contribution in [0.15, 0.2) is 82.5 Å². The Kier molecular flexibility index (Phi) is 4.39. The summed E-state index contributed by atoms with van der Waals surface area (Å²) < 4.78 is 4.88. The van der Waals surface area contributed by atoms with E-state index in [1.165, 1.54) is 4.57 Å². The molecule has 0 atom stereocenters. The fraction of sp³-hybridized carbons (Fsp3) is 0.167. The summed E-state index contributed by atoms with van der Waals surface area (Å²) in [7, 11) is 0. The molecule has 0 saturated carbocycles. The number of aromatic nitrogens is 4. The van der Waals surface area contributed by atoms with Crippen molar-refractivity contribution in [2.24, 2.45) is 0 Å². The molecule has 0 amide bonds. The lowest BCUT2D eigenvalue weighted by Gasteiger charge is -2.11. The van der Waals surface area contributed by atoms with Gasteiger partial charge in [0.1, 0.15) is 11.3 Å². The standard InChI is InChI=1S/C24H22N4O2/c1-2-13-26-23(29)21-22(28(24(26)30)15-17-9-5-3-6-10-17)25-20-14-19(16-27(20)21)18-11-7-4-8-12-18/h3-12,14,16,25H,2,13,15H2,1H3. The third kappa shape index (κ3) is 2.88. The van der Waals surface area contributed by atoms with Gasteiger partial charge in [-0.15, -0.1) is 0 Å². The molecule has 5 rings (SSSR count). The van der Waals surface area contributed by atoms with Gasteiger partial charge in [-0.2, -0.15) is 0 Å². The molecule has 0 saturated heterocycles. The van der Waals surface area contributed by atoms with Crippen molar-refractivity contribution >= 4 is 16.8 Å². The highest BCUT2D eigenvalue weighted by Gasteiger charge is 2.19. The molecule has 0 aliphatic carbocycles. The number of fused-ring (bicyclic) bond motifs is 3. The van der Waals surface area contributed by atoms with E-state index in [1.807, 2.05) is 84.3 Å². The molecule has 0 aliphatic heterocycles. The van der Waals surface area contributed by atoms with E-state index in [-0.39, 0.29) is 11.2 Å². The Morgan fingerprint density at radius 1 is 0.867 bits per heavy atom. The first-order valence-corrected chi connectivity index (χ1v) is 10.1. The maximum atomic E-state index is 13.3. The summed E-state index contributed by atoms with van der Waals surface area (Å²) in [5.41, 5.74) is 4.39. The van der Waals surface area contributed by atoms with Gasteiger partial charge in [-0.3, -0.25) is 18.3 Å². The fourth-order valence-electron chi connectivity index (χ4n) is 4.02. The zero-order valence-corrected chi connectivity index (χ0v) is 16.7. The lowest BCUT2D eigenvalue weighted by atomic mass is 10.1. The van der Waals surface area contributed by atoms with Crippen LogP contribution < -0.4 is 11.2 Å². The Bertz CT molecular complexity index is 1450. The lowest BCUT2D eigenvalue weighted by Crippen LogP contribution is -2.40. The highest BCUT2D eigenvalue weighted by Crippen LogP contribution is 2.24. The van der Waals surface area contributed by atoms with Gasteiger partial charge < -0.3 is 4.98 Å². The summed E-state index contributed by atoms with van der Waals surface area (Å²) in [4.78, 5) is 29.8. The van der Waals surface area contributed by atoms with Crippen LogP contribution in [-0.2, 0) is 13.1 Å². The molecule has 5 aromatic rings. The van der Waals surface area contributed by atoms with E-state index in [0.717, 1.165) is 22.3 Å². The second kappa shape index (κ2) is 7.22. The average molecular weight is 398 g/mol. The van der Waals surface area contributed by atoms with Gasteiger partial charge in [-0.05, 0) is 23.6 Å². The van der Waals surface area contributed by atoms with Crippen molar-refractivity contribution in [3.8, 4) is 11.1 Å². The molecule has 3 aromatic heterocycles. The first-order chi connectivity index (χ1) is 14.7. The maximum Gasteiger partial charge on any atom is 0.333 e. The largest absolute Gasteiger partial charge is 0.333 e. The van der Waals surface area contributed by atoms with Crippen molar-refractivity contribution in [3.05, 3.63) is 99.3 Å². The number of H-pyrrole nitrogens is 1. The predicted octanol–water partition coefficient (Wildman–Crippen LogP) is 3.87. The van der Waals surface area contributed by atoms with Gasteiger partial charge >= 0.3 is 5.69 Å². The molecule has 0 fully saturated rings. The van der Waals surface area contributed by atoms with Crippen LogP contribution in [0.25, 0.3) is 27.9 Å². The molecule has 30 heavy (non-hydrogen) atoms. The van der Waals surface area contributed by atoms with Crippen LogP contribution in [-0.4, -0.2) is 18.5 Å². The van der Waals surface area contributed by atoms with Crippen molar-refractivity contribution in [1.29, 1.82) is 0 Å². The monoisotopic (exact) mass is 398 g/mol. The molecule has 6 nitrogen and oxygen atoms in total. The lowest BCUT2D eigenvalue weighted by molar-refractivity contribution is 0.578. The first-order valence-electron chi connectivity index (χ1n) is 10.1. The number of nitrogens with one attached hydrogen (secondary N) is 1. The van der Waals surface area contributed by atoms with E-state index in [1.54, 1.807) is 4.57 Å². The molecular weight excluding hydrogens is 376 g/mol. The molecule has 0 bridgehead atoms. The van der Waals surface area contributed by atoms with E-state index in [0.29, 0.717) is 30.7 Å². The number of hydrogen-bond acceptors (Lipinski definition) is 2. The van der Waals surface area contributed by atoms with E-state index < -0.39 is 0 Å². The molecule has 3 heterocycles. The zero-order valence-electron chi connectivity index (χ0n) is 16.7. The second-order valence-corrected chi connectivity index (χ2v) is 7.48. The highest BCUT2D eigenvalue weighted by atomic mass is 16.2. The van der Waals surface area contributed by atoms with Crippen molar-refractivity contribution in [2.75, 3.05) is 0 Å². The minimum atomic E-state index is -0.286. The van der Waals surface area contributed by atoms with Crippen LogP contribution in [0.5, 0.6) is 0 Å². The first kappa shape index (κ1) is 18.2. The van der Waals surface area contributed by atoms with E-state index in [2.05, 4.69) is 4.98 Å². The summed E-state index contributed by atoms with van der Waals surface area (Å²) in [5.74, 6) is 0. The van der Waals surface area contributed by atoms with Crippen LogP contribution in [0.3, 0.4) is 0 Å². The van der Waals surface area contributed by atoms with Crippen LogP contribution in [0.1, 0.15) is 18.9 Å². The summed E-state index contributed by atoms with van der Waals surface area (Å²) in [6.45, 7) is 2.75. The minimum absolute atomic E-state index is 0.261. The van der Waals surface area contributed by atoms with E-state index >= 15 is 0 Å². The Labute approximate surface area is 172 Å². The molecule has 2 aromatic carbocycles. The number of nitrogens with zero attached hydrogens (tertiary/aromatic N) is 3. The van der Waals surface area contributed by atoms with Gasteiger partial charge in [0, 0.05) is 18.3 Å². The van der Waals surface area contributed by atoms with E-state index in [4.69, 9.17) is 0 Å². The number of imidazole rings is 1. The normalized spacial score (nSPS) is 11.5. The van der Waals surface area contributed by atoms with Crippen LogP contribution >= 0.6 is 0 Å². The van der Waals surface area contributed by atoms with Gasteiger partial charge in [-0.1, -0.05) is 67.6 Å². The Morgan fingerprint density at radius 3 is 2.27 bits per heavy atom. The smallest absolute Gasteiger partial charge is 0.325 e. The summed E-state index contributed by atoms with van der Waals surface area (Å²) in [6, 6.07) is 21.9. The topological polar surface area (TPSA) is 64.2 Å². The molecule has 0 spiro atoms. The quantitative estimate of drug-likeness (QED) is 0.488. The molecule has 0 aliphatic rings. The summed E-state index contributed by atoms with van der Waals surface area (Å²) in [6.07, 6.45) is 2.67. The minimum Gasteiger partial charge on any atom is -0.325 e. The van der Waals surface area contributed by atoms with Crippen molar-refractivity contribution in [1.82, 2.24) is 18.5 Å². The van der Waals surface area contributed by atoms with Crippen molar-refractivity contribution in [2.45, 2.75) is 26.4 Å². The molecular formula is C24H22N4O2. The van der Waals surface area contributed by atoms with Crippen LogP contribution in [0.2, 0.25) is 0 Å². The number of hydrogen-bond donors (Lipinski definition) is 1. The molecule has 1 N–H and O–H groups in total. The van der Waals surface area contributed by atoms with Crippen LogP contribution in [0, 0.1) is 0 Å². The third-order valence-corrected chi connectivity index (χ3v) is 5.45. The molecule has 150 valence electrons. The van der Waals surface area contributed by atoms with Crippen LogP contribution in [0.4, 0.5) is 0 Å². The third-order valence-electron chi connectivity index (χ3n) is 5.45. The average Bonchev–Trinajstić information content (AvgIpc) is 3.34. The maximum absolute atomic E-state index is 13.3. The highest BCUT2D eigenvalue weighted by molar-refractivity contribution is 5.80. The second-order valence-electron chi connectivity index (χ2n) is 7.48. The Morgan fingerprint density at radius 2 is 1.57 bits per heavy atom. The number of rotatable bonds is 5. The van der Waals surface area contributed by atoms with Crippen molar-refractivity contribution < 1.29 is 0 Å². The van der Waals surface area contributed by atoms with Gasteiger partial charge in [-0.25, -0.2) is 4.79 Å². The number of aromatic amines is 1. The molecule has 0 radical (unpaired) electrons. The molecule has 6 heteroatoms. The fourth-order valence-corrected chi connectivity index (χ4v) is 4.02. The summed E-state index contributed by atoms with van der Waals surface area (Å²) >= 11 is 0. The predicted molar refractivity (Wildman–Crippen MR) is 119 cm³/mol. The van der Waals surface area contributed by atoms with Gasteiger partial charge in [0.2, 0.25) is 0 Å². The van der Waals surface area contributed by atoms with Gasteiger partial charge in [0.25, 0.3) is 5.56 Å². The zero-order chi connectivity index (χ0) is 20.7.